The molecule has 2 unspecified atom stereocenters. The Morgan fingerprint density at radius 2 is 1.79 bits per heavy atom. The molecule has 0 amide bonds. The van der Waals surface area contributed by atoms with Gasteiger partial charge in [0.05, 0.1) is 19.3 Å². The SMILES string of the molecule is CNC(c1cc(C)ccc1OC)C(OC)C(C)(C)C. The fourth-order valence-electron chi connectivity index (χ4n) is 2.56. The van der Waals surface area contributed by atoms with Crippen LogP contribution >= 0.6 is 0 Å². The summed E-state index contributed by atoms with van der Waals surface area (Å²) in [5, 5.41) is 3.37. The second-order valence-corrected chi connectivity index (χ2v) is 6.03. The average Bonchev–Trinajstić information content (AvgIpc) is 2.34. The van der Waals surface area contributed by atoms with E-state index in [1.165, 1.54) is 5.56 Å². The van der Waals surface area contributed by atoms with E-state index < -0.39 is 0 Å². The van der Waals surface area contributed by atoms with Crippen molar-refractivity contribution in [3.05, 3.63) is 29.3 Å². The van der Waals surface area contributed by atoms with Crippen molar-refractivity contribution in [2.45, 2.75) is 39.8 Å². The Hall–Kier alpha value is -1.06. The molecule has 2 atom stereocenters. The van der Waals surface area contributed by atoms with Gasteiger partial charge in [0.25, 0.3) is 0 Å². The number of likely N-dealkylation sites (N-methyl/N-ethyl adjacent to an activating group) is 1. The highest BCUT2D eigenvalue weighted by Gasteiger charge is 2.34. The van der Waals surface area contributed by atoms with Gasteiger partial charge in [-0.1, -0.05) is 38.5 Å². The van der Waals surface area contributed by atoms with Gasteiger partial charge < -0.3 is 14.8 Å². The van der Waals surface area contributed by atoms with Gasteiger partial charge in [-0.2, -0.15) is 0 Å². The van der Waals surface area contributed by atoms with Crippen molar-refractivity contribution in [2.75, 3.05) is 21.3 Å². The lowest BCUT2D eigenvalue weighted by Crippen LogP contribution is -2.40. The van der Waals surface area contributed by atoms with Gasteiger partial charge in [-0.05, 0) is 25.5 Å². The summed E-state index contributed by atoms with van der Waals surface area (Å²) in [5.41, 5.74) is 2.41. The number of methoxy groups -OCH3 is 2. The predicted molar refractivity (Wildman–Crippen MR) is 79.8 cm³/mol. The van der Waals surface area contributed by atoms with Crippen molar-refractivity contribution in [1.29, 1.82) is 0 Å². The third-order valence-corrected chi connectivity index (χ3v) is 3.44. The quantitative estimate of drug-likeness (QED) is 0.886. The number of nitrogens with one attached hydrogen (secondary N) is 1. The van der Waals surface area contributed by atoms with E-state index in [0.29, 0.717) is 0 Å². The normalized spacial score (nSPS) is 15.1. The van der Waals surface area contributed by atoms with Gasteiger partial charge in [-0.3, -0.25) is 0 Å². The molecule has 0 bridgehead atoms. The highest BCUT2D eigenvalue weighted by molar-refractivity contribution is 5.40. The Morgan fingerprint density at radius 1 is 1.16 bits per heavy atom. The highest BCUT2D eigenvalue weighted by atomic mass is 16.5. The largest absolute Gasteiger partial charge is 0.496 e. The zero-order chi connectivity index (χ0) is 14.6. The Morgan fingerprint density at radius 3 is 2.21 bits per heavy atom. The van der Waals surface area contributed by atoms with E-state index in [-0.39, 0.29) is 17.6 Å². The Bertz CT molecular complexity index is 410. The molecule has 0 saturated carbocycles. The number of aryl methyl sites for hydroxylation is 1. The highest BCUT2D eigenvalue weighted by Crippen LogP contribution is 2.36. The van der Waals surface area contributed by atoms with Gasteiger partial charge in [0.1, 0.15) is 5.75 Å². The van der Waals surface area contributed by atoms with E-state index in [0.717, 1.165) is 11.3 Å². The van der Waals surface area contributed by atoms with Crippen molar-refractivity contribution in [2.24, 2.45) is 5.41 Å². The summed E-state index contributed by atoms with van der Waals surface area (Å²) in [6.45, 7) is 8.66. The van der Waals surface area contributed by atoms with Crippen LogP contribution in [0.15, 0.2) is 18.2 Å². The molecule has 108 valence electrons. The summed E-state index contributed by atoms with van der Waals surface area (Å²) < 4.78 is 11.2. The number of rotatable bonds is 5. The van der Waals surface area contributed by atoms with Crippen molar-refractivity contribution in [3.8, 4) is 5.75 Å². The molecule has 3 heteroatoms. The molecule has 1 aromatic rings. The monoisotopic (exact) mass is 265 g/mol. The third-order valence-electron chi connectivity index (χ3n) is 3.44. The van der Waals surface area contributed by atoms with Crippen LogP contribution in [0.5, 0.6) is 5.75 Å². The molecule has 0 aromatic heterocycles. The predicted octanol–water partition coefficient (Wildman–Crippen LogP) is 3.33. The Labute approximate surface area is 117 Å². The van der Waals surface area contributed by atoms with Crippen molar-refractivity contribution >= 4 is 0 Å². The van der Waals surface area contributed by atoms with Crippen LogP contribution in [-0.2, 0) is 4.74 Å². The lowest BCUT2D eigenvalue weighted by molar-refractivity contribution is -0.0106. The lowest BCUT2D eigenvalue weighted by atomic mass is 9.81. The van der Waals surface area contributed by atoms with E-state index in [1.54, 1.807) is 14.2 Å². The van der Waals surface area contributed by atoms with E-state index in [2.05, 4.69) is 45.1 Å². The van der Waals surface area contributed by atoms with E-state index >= 15 is 0 Å². The van der Waals surface area contributed by atoms with Crippen LogP contribution in [0.4, 0.5) is 0 Å². The smallest absolute Gasteiger partial charge is 0.123 e. The van der Waals surface area contributed by atoms with Crippen LogP contribution in [0.3, 0.4) is 0 Å². The third kappa shape index (κ3) is 3.71. The molecule has 0 aliphatic heterocycles. The molecule has 1 N–H and O–H groups in total. The maximum Gasteiger partial charge on any atom is 0.123 e. The minimum absolute atomic E-state index is 0.0389. The molecule has 0 spiro atoms. The maximum absolute atomic E-state index is 5.74. The number of hydrogen-bond donors (Lipinski definition) is 1. The second kappa shape index (κ2) is 6.40. The molecule has 0 heterocycles. The fourth-order valence-corrected chi connectivity index (χ4v) is 2.56. The second-order valence-electron chi connectivity index (χ2n) is 6.03. The molecular formula is C16H27NO2. The van der Waals surface area contributed by atoms with Crippen LogP contribution in [0, 0.1) is 12.3 Å². The lowest BCUT2D eigenvalue weighted by Gasteiger charge is -2.36. The maximum atomic E-state index is 5.74. The van der Waals surface area contributed by atoms with Gasteiger partial charge in [-0.15, -0.1) is 0 Å². The van der Waals surface area contributed by atoms with Crippen LogP contribution in [0.1, 0.15) is 37.9 Å². The summed E-state index contributed by atoms with van der Waals surface area (Å²) in [7, 11) is 5.44. The van der Waals surface area contributed by atoms with Crippen LogP contribution in [0.25, 0.3) is 0 Å². The fraction of sp³-hybridized carbons (Fsp3) is 0.625. The van der Waals surface area contributed by atoms with Crippen LogP contribution in [0.2, 0.25) is 0 Å². The van der Waals surface area contributed by atoms with Gasteiger partial charge in [0.2, 0.25) is 0 Å². The number of benzene rings is 1. The molecule has 0 radical (unpaired) electrons. The van der Waals surface area contributed by atoms with Gasteiger partial charge in [0.15, 0.2) is 0 Å². The summed E-state index contributed by atoms with van der Waals surface area (Å²) >= 11 is 0. The van der Waals surface area contributed by atoms with Crippen molar-refractivity contribution in [1.82, 2.24) is 5.32 Å². The van der Waals surface area contributed by atoms with Crippen molar-refractivity contribution < 1.29 is 9.47 Å². The minimum Gasteiger partial charge on any atom is -0.496 e. The molecule has 1 rings (SSSR count). The summed E-state index contributed by atoms with van der Waals surface area (Å²) in [6.07, 6.45) is 0.0631. The van der Waals surface area contributed by atoms with Crippen LogP contribution in [-0.4, -0.2) is 27.4 Å². The molecule has 0 aliphatic carbocycles. The zero-order valence-corrected chi connectivity index (χ0v) is 13.2. The van der Waals surface area contributed by atoms with Crippen molar-refractivity contribution in [3.63, 3.8) is 0 Å². The molecular weight excluding hydrogens is 238 g/mol. The number of ether oxygens (including phenoxy) is 2. The van der Waals surface area contributed by atoms with Gasteiger partial charge in [0, 0.05) is 12.7 Å². The van der Waals surface area contributed by atoms with E-state index in [9.17, 15) is 0 Å². The summed E-state index contributed by atoms with van der Waals surface area (Å²) in [5.74, 6) is 0.899. The first-order valence-electron chi connectivity index (χ1n) is 6.69. The zero-order valence-electron chi connectivity index (χ0n) is 13.2. The molecule has 0 fully saturated rings. The van der Waals surface area contributed by atoms with Gasteiger partial charge >= 0.3 is 0 Å². The number of hydrogen-bond acceptors (Lipinski definition) is 3. The van der Waals surface area contributed by atoms with Crippen LogP contribution < -0.4 is 10.1 Å². The molecule has 3 nitrogen and oxygen atoms in total. The first kappa shape index (κ1) is 16.0. The molecule has 1 aromatic carbocycles. The minimum atomic E-state index is 0.0389. The summed E-state index contributed by atoms with van der Waals surface area (Å²) in [6, 6.07) is 6.34. The standard InChI is InChI=1S/C16H27NO2/c1-11-8-9-13(18-6)12(10-11)14(17-5)15(19-7)16(2,3)4/h8-10,14-15,17H,1-7H3. The molecule has 19 heavy (non-hydrogen) atoms. The van der Waals surface area contributed by atoms with Gasteiger partial charge in [-0.25, -0.2) is 0 Å². The van der Waals surface area contributed by atoms with E-state index in [4.69, 9.17) is 9.47 Å². The Kier molecular flexibility index (Phi) is 5.39. The molecule has 0 saturated heterocycles. The first-order valence-corrected chi connectivity index (χ1v) is 6.69. The Balaban J connectivity index is 3.25. The van der Waals surface area contributed by atoms with E-state index in [1.807, 2.05) is 13.1 Å². The molecule has 0 aliphatic rings. The summed E-state index contributed by atoms with van der Waals surface area (Å²) in [4.78, 5) is 0. The topological polar surface area (TPSA) is 30.5 Å². The average molecular weight is 265 g/mol. The first-order chi connectivity index (χ1) is 8.85.